The Labute approximate surface area is 116 Å². The Morgan fingerprint density at radius 1 is 1.20 bits per heavy atom. The zero-order chi connectivity index (χ0) is 14.5. The summed E-state index contributed by atoms with van der Waals surface area (Å²) in [7, 11) is 0. The third-order valence-corrected chi connectivity index (χ3v) is 2.59. The van der Waals surface area contributed by atoms with Gasteiger partial charge in [0.25, 0.3) is 0 Å². The van der Waals surface area contributed by atoms with E-state index in [2.05, 4.69) is 15.0 Å². The molecule has 1 heterocycles. The molecule has 20 heavy (non-hydrogen) atoms. The molecule has 2 rings (SSSR count). The number of aromatic nitrogens is 3. The highest BCUT2D eigenvalue weighted by atomic mass is 19.1. The monoisotopic (exact) mass is 277 g/mol. The Balaban J connectivity index is 2.44. The minimum absolute atomic E-state index is 0.0354. The van der Waals surface area contributed by atoms with Crippen molar-refractivity contribution in [2.45, 2.75) is 13.8 Å². The molecule has 0 bridgehead atoms. The molecule has 106 valence electrons. The van der Waals surface area contributed by atoms with Crippen molar-refractivity contribution >= 4 is 17.6 Å². The number of hydrogen-bond donors (Lipinski definition) is 1. The van der Waals surface area contributed by atoms with Crippen molar-refractivity contribution in [2.24, 2.45) is 0 Å². The molecule has 0 saturated carbocycles. The van der Waals surface area contributed by atoms with Gasteiger partial charge in [-0.2, -0.15) is 15.0 Å². The summed E-state index contributed by atoms with van der Waals surface area (Å²) in [5.41, 5.74) is 6.01. The number of hydrogen-bond acceptors (Lipinski definition) is 6. The Bertz CT molecular complexity index is 593. The molecule has 1 aromatic carbocycles. The zero-order valence-corrected chi connectivity index (χ0v) is 11.4. The molecule has 0 radical (unpaired) electrons. The SMILES string of the molecule is CCOc1nc(N)nc(N(CC)c2ccccc2F)n1. The Hall–Kier alpha value is -2.44. The molecule has 0 aliphatic heterocycles. The molecule has 0 atom stereocenters. The lowest BCUT2D eigenvalue weighted by molar-refractivity contribution is 0.312. The predicted molar refractivity (Wildman–Crippen MR) is 74.5 cm³/mol. The molecule has 0 saturated heterocycles. The van der Waals surface area contributed by atoms with Crippen molar-refractivity contribution < 1.29 is 9.13 Å². The Morgan fingerprint density at radius 2 is 1.95 bits per heavy atom. The van der Waals surface area contributed by atoms with Gasteiger partial charge >= 0.3 is 6.01 Å². The molecule has 0 aliphatic rings. The maximum absolute atomic E-state index is 13.9. The number of halogens is 1. The fraction of sp³-hybridized carbons (Fsp3) is 0.308. The van der Waals surface area contributed by atoms with E-state index < -0.39 is 0 Å². The number of rotatable bonds is 5. The van der Waals surface area contributed by atoms with E-state index in [4.69, 9.17) is 10.5 Å². The molecule has 6 nitrogen and oxygen atoms in total. The average molecular weight is 277 g/mol. The summed E-state index contributed by atoms with van der Waals surface area (Å²) in [6, 6.07) is 6.53. The number of para-hydroxylation sites is 1. The van der Waals surface area contributed by atoms with Gasteiger partial charge in [0, 0.05) is 6.54 Å². The first kappa shape index (κ1) is 14.0. The van der Waals surface area contributed by atoms with Crippen molar-refractivity contribution in [1.82, 2.24) is 15.0 Å². The highest BCUT2D eigenvalue weighted by Gasteiger charge is 2.16. The van der Waals surface area contributed by atoms with Crippen LogP contribution in [0.25, 0.3) is 0 Å². The first-order valence-corrected chi connectivity index (χ1v) is 6.32. The number of ether oxygens (including phenoxy) is 1. The number of nitrogen functional groups attached to an aromatic ring is 1. The highest BCUT2D eigenvalue weighted by Crippen LogP contribution is 2.25. The molecule has 2 aromatic rings. The highest BCUT2D eigenvalue weighted by molar-refractivity contribution is 5.58. The van der Waals surface area contributed by atoms with Crippen LogP contribution in [0.4, 0.5) is 22.0 Å². The summed E-state index contributed by atoms with van der Waals surface area (Å²) < 4.78 is 19.1. The van der Waals surface area contributed by atoms with Crippen LogP contribution in [-0.2, 0) is 0 Å². The summed E-state index contributed by atoms with van der Waals surface area (Å²) in [6.07, 6.45) is 0. The number of nitrogens with zero attached hydrogens (tertiary/aromatic N) is 4. The minimum Gasteiger partial charge on any atom is -0.464 e. The summed E-state index contributed by atoms with van der Waals surface area (Å²) in [4.78, 5) is 13.7. The standard InChI is InChI=1S/C13H16FN5O/c1-3-19(10-8-6-5-7-9(10)14)12-16-11(15)17-13(18-12)20-4-2/h5-8H,3-4H2,1-2H3,(H2,15,16,17,18). The average Bonchev–Trinajstić information content (AvgIpc) is 2.41. The van der Waals surface area contributed by atoms with Gasteiger partial charge in [0.15, 0.2) is 0 Å². The molecule has 7 heteroatoms. The van der Waals surface area contributed by atoms with Crippen LogP contribution in [0.5, 0.6) is 6.01 Å². The van der Waals surface area contributed by atoms with E-state index in [1.165, 1.54) is 6.07 Å². The first-order chi connectivity index (χ1) is 9.65. The smallest absolute Gasteiger partial charge is 0.323 e. The Kier molecular flexibility index (Phi) is 4.29. The fourth-order valence-corrected chi connectivity index (χ4v) is 1.77. The van der Waals surface area contributed by atoms with E-state index in [0.717, 1.165) is 0 Å². The van der Waals surface area contributed by atoms with Crippen molar-refractivity contribution in [2.75, 3.05) is 23.8 Å². The van der Waals surface area contributed by atoms with Gasteiger partial charge in [-0.3, -0.25) is 0 Å². The fourth-order valence-electron chi connectivity index (χ4n) is 1.77. The second-order valence-electron chi connectivity index (χ2n) is 3.90. The summed E-state index contributed by atoms with van der Waals surface area (Å²) in [5, 5.41) is 0. The summed E-state index contributed by atoms with van der Waals surface area (Å²) in [6.45, 7) is 4.57. The van der Waals surface area contributed by atoms with E-state index in [1.807, 2.05) is 13.8 Å². The van der Waals surface area contributed by atoms with E-state index >= 15 is 0 Å². The van der Waals surface area contributed by atoms with Crippen LogP contribution >= 0.6 is 0 Å². The summed E-state index contributed by atoms with van der Waals surface area (Å²) >= 11 is 0. The van der Waals surface area contributed by atoms with Crippen molar-refractivity contribution in [3.05, 3.63) is 30.1 Å². The zero-order valence-electron chi connectivity index (χ0n) is 11.4. The third kappa shape index (κ3) is 2.93. The summed E-state index contributed by atoms with van der Waals surface area (Å²) in [5.74, 6) is -0.0620. The van der Waals surface area contributed by atoms with Crippen LogP contribution in [-0.4, -0.2) is 28.1 Å². The van der Waals surface area contributed by atoms with Crippen LogP contribution < -0.4 is 15.4 Å². The van der Waals surface area contributed by atoms with Gasteiger partial charge in [-0.05, 0) is 26.0 Å². The molecule has 0 amide bonds. The van der Waals surface area contributed by atoms with Crippen molar-refractivity contribution in [3.63, 3.8) is 0 Å². The molecule has 0 unspecified atom stereocenters. The second kappa shape index (κ2) is 6.14. The molecule has 0 fully saturated rings. The lowest BCUT2D eigenvalue weighted by Crippen LogP contribution is -2.21. The molecule has 1 aromatic heterocycles. The molecule has 2 N–H and O–H groups in total. The molecule has 0 aliphatic carbocycles. The minimum atomic E-state index is -0.355. The van der Waals surface area contributed by atoms with Crippen molar-refractivity contribution in [3.8, 4) is 6.01 Å². The van der Waals surface area contributed by atoms with Gasteiger partial charge < -0.3 is 15.4 Å². The second-order valence-corrected chi connectivity index (χ2v) is 3.90. The Morgan fingerprint density at radius 3 is 2.60 bits per heavy atom. The predicted octanol–water partition coefficient (Wildman–Crippen LogP) is 2.15. The van der Waals surface area contributed by atoms with Crippen LogP contribution in [0, 0.1) is 5.82 Å². The first-order valence-electron chi connectivity index (χ1n) is 6.32. The normalized spacial score (nSPS) is 10.3. The maximum atomic E-state index is 13.9. The lowest BCUT2D eigenvalue weighted by atomic mass is 10.3. The van der Waals surface area contributed by atoms with Crippen molar-refractivity contribution in [1.29, 1.82) is 0 Å². The molecular weight excluding hydrogens is 261 g/mol. The van der Waals surface area contributed by atoms with Crippen LogP contribution in [0.1, 0.15) is 13.8 Å². The topological polar surface area (TPSA) is 77.2 Å². The van der Waals surface area contributed by atoms with Crippen LogP contribution in [0.15, 0.2) is 24.3 Å². The van der Waals surface area contributed by atoms with Gasteiger partial charge in [-0.1, -0.05) is 12.1 Å². The molecule has 0 spiro atoms. The van der Waals surface area contributed by atoms with Crippen LogP contribution in [0.3, 0.4) is 0 Å². The van der Waals surface area contributed by atoms with Gasteiger partial charge in [-0.25, -0.2) is 4.39 Å². The van der Waals surface area contributed by atoms with E-state index in [9.17, 15) is 4.39 Å². The van der Waals surface area contributed by atoms with E-state index in [1.54, 1.807) is 23.1 Å². The van der Waals surface area contributed by atoms with Gasteiger partial charge in [-0.15, -0.1) is 0 Å². The van der Waals surface area contributed by atoms with Gasteiger partial charge in [0.1, 0.15) is 5.82 Å². The van der Waals surface area contributed by atoms with E-state index in [-0.39, 0.29) is 23.7 Å². The lowest BCUT2D eigenvalue weighted by Gasteiger charge is -2.21. The number of benzene rings is 1. The molecular formula is C13H16FN5O. The number of anilines is 3. The van der Waals surface area contributed by atoms with Gasteiger partial charge in [0.05, 0.1) is 12.3 Å². The van der Waals surface area contributed by atoms with Crippen LogP contribution in [0.2, 0.25) is 0 Å². The quantitative estimate of drug-likeness (QED) is 0.902. The van der Waals surface area contributed by atoms with Gasteiger partial charge in [0.2, 0.25) is 11.9 Å². The van der Waals surface area contributed by atoms with E-state index in [0.29, 0.717) is 18.8 Å². The number of nitrogens with two attached hydrogens (primary N) is 1. The largest absolute Gasteiger partial charge is 0.464 e. The maximum Gasteiger partial charge on any atom is 0.323 e. The third-order valence-electron chi connectivity index (χ3n) is 2.59.